The largest absolute Gasteiger partial charge is 0.337 e. The van der Waals surface area contributed by atoms with Crippen molar-refractivity contribution in [1.29, 1.82) is 0 Å². The molecule has 88 valence electrons. The van der Waals surface area contributed by atoms with Crippen LogP contribution in [-0.2, 0) is 4.79 Å². The van der Waals surface area contributed by atoms with E-state index < -0.39 is 0 Å². The second-order valence-corrected chi connectivity index (χ2v) is 5.35. The Morgan fingerprint density at radius 1 is 1.40 bits per heavy atom. The third-order valence-corrected chi connectivity index (χ3v) is 3.55. The number of hydrogen-bond donors (Lipinski definition) is 0. The van der Waals surface area contributed by atoms with Crippen LogP contribution in [0.15, 0.2) is 0 Å². The fourth-order valence-electron chi connectivity index (χ4n) is 1.98. The average molecular weight is 212 g/mol. The van der Waals surface area contributed by atoms with Crippen LogP contribution >= 0.6 is 0 Å². The van der Waals surface area contributed by atoms with E-state index in [-0.39, 0.29) is 5.41 Å². The fraction of sp³-hybridized carbons (Fsp3) is 0.917. The average Bonchev–Trinajstić information content (AvgIpc) is 2.17. The zero-order valence-electron chi connectivity index (χ0n) is 10.7. The van der Waals surface area contributed by atoms with Crippen molar-refractivity contribution >= 4 is 5.91 Å². The smallest absolute Gasteiger partial charge is 0.228 e. The molecule has 1 aliphatic rings. The van der Waals surface area contributed by atoms with E-state index in [9.17, 15) is 4.79 Å². The molecule has 1 saturated heterocycles. The van der Waals surface area contributed by atoms with Gasteiger partial charge in [0.05, 0.1) is 0 Å². The van der Waals surface area contributed by atoms with Gasteiger partial charge in [0.2, 0.25) is 5.91 Å². The summed E-state index contributed by atoms with van der Waals surface area (Å²) < 4.78 is 0. The highest BCUT2D eigenvalue weighted by atomic mass is 16.2. The SMILES string of the molecule is CCC(C)(C)C(=O)N1CCN(C)C[C@@H]1C. The Morgan fingerprint density at radius 2 is 2.00 bits per heavy atom. The Hall–Kier alpha value is -0.570. The molecule has 15 heavy (non-hydrogen) atoms. The maximum Gasteiger partial charge on any atom is 0.228 e. The van der Waals surface area contributed by atoms with E-state index in [0.717, 1.165) is 26.1 Å². The lowest BCUT2D eigenvalue weighted by Gasteiger charge is -2.41. The number of piperazine rings is 1. The van der Waals surface area contributed by atoms with Crippen molar-refractivity contribution < 1.29 is 4.79 Å². The highest BCUT2D eigenvalue weighted by Crippen LogP contribution is 2.25. The summed E-state index contributed by atoms with van der Waals surface area (Å²) in [6.07, 6.45) is 0.908. The summed E-state index contributed by atoms with van der Waals surface area (Å²) in [5.74, 6) is 0.311. The molecule has 1 rings (SSSR count). The predicted octanol–water partition coefficient (Wildman–Crippen LogP) is 1.59. The van der Waals surface area contributed by atoms with E-state index in [2.05, 4.69) is 25.8 Å². The quantitative estimate of drug-likeness (QED) is 0.694. The lowest BCUT2D eigenvalue weighted by atomic mass is 9.87. The Kier molecular flexibility index (Phi) is 3.77. The second kappa shape index (κ2) is 4.52. The van der Waals surface area contributed by atoms with Crippen molar-refractivity contribution in [2.24, 2.45) is 5.41 Å². The minimum Gasteiger partial charge on any atom is -0.337 e. The van der Waals surface area contributed by atoms with E-state index in [1.807, 2.05) is 18.7 Å². The third-order valence-electron chi connectivity index (χ3n) is 3.55. The zero-order valence-corrected chi connectivity index (χ0v) is 10.7. The van der Waals surface area contributed by atoms with Crippen LogP contribution in [0.25, 0.3) is 0 Å². The highest BCUT2D eigenvalue weighted by molar-refractivity contribution is 5.82. The normalized spacial score (nSPS) is 24.3. The second-order valence-electron chi connectivity index (χ2n) is 5.35. The maximum atomic E-state index is 12.3. The van der Waals surface area contributed by atoms with Gasteiger partial charge in [0.15, 0.2) is 0 Å². The molecule has 0 spiro atoms. The summed E-state index contributed by atoms with van der Waals surface area (Å²) in [7, 11) is 2.11. The molecule has 0 aliphatic carbocycles. The van der Waals surface area contributed by atoms with Crippen LogP contribution in [0.2, 0.25) is 0 Å². The Bertz CT molecular complexity index is 238. The number of rotatable bonds is 2. The summed E-state index contributed by atoms with van der Waals surface area (Å²) in [6, 6.07) is 0.349. The van der Waals surface area contributed by atoms with Gasteiger partial charge < -0.3 is 9.80 Å². The molecule has 0 aromatic heterocycles. The molecule has 1 atom stereocenters. The number of carbonyl (C=O) groups is 1. The van der Waals surface area contributed by atoms with Gasteiger partial charge in [-0.15, -0.1) is 0 Å². The van der Waals surface area contributed by atoms with Crippen LogP contribution in [0.3, 0.4) is 0 Å². The van der Waals surface area contributed by atoms with Gasteiger partial charge in [0, 0.05) is 31.1 Å². The van der Waals surface area contributed by atoms with Crippen molar-refractivity contribution in [2.45, 2.75) is 40.2 Å². The van der Waals surface area contributed by atoms with Gasteiger partial charge in [-0.25, -0.2) is 0 Å². The van der Waals surface area contributed by atoms with Crippen LogP contribution in [0.4, 0.5) is 0 Å². The molecule has 1 heterocycles. The molecular weight excluding hydrogens is 188 g/mol. The molecule has 1 fully saturated rings. The van der Waals surface area contributed by atoms with Crippen molar-refractivity contribution in [3.05, 3.63) is 0 Å². The van der Waals surface area contributed by atoms with Crippen LogP contribution in [0.5, 0.6) is 0 Å². The fourth-order valence-corrected chi connectivity index (χ4v) is 1.98. The molecule has 0 saturated carbocycles. The first-order valence-electron chi connectivity index (χ1n) is 5.88. The Labute approximate surface area is 93.4 Å². The number of hydrogen-bond acceptors (Lipinski definition) is 2. The molecule has 3 heteroatoms. The van der Waals surface area contributed by atoms with E-state index in [4.69, 9.17) is 0 Å². The molecule has 1 aliphatic heterocycles. The van der Waals surface area contributed by atoms with Crippen LogP contribution in [-0.4, -0.2) is 48.4 Å². The topological polar surface area (TPSA) is 23.6 Å². The molecule has 0 bridgehead atoms. The summed E-state index contributed by atoms with van der Waals surface area (Å²) >= 11 is 0. The van der Waals surface area contributed by atoms with Gasteiger partial charge in [-0.05, 0) is 20.4 Å². The molecule has 0 aromatic carbocycles. The van der Waals surface area contributed by atoms with Crippen molar-refractivity contribution in [3.8, 4) is 0 Å². The lowest BCUT2D eigenvalue weighted by molar-refractivity contribution is -0.144. The van der Waals surface area contributed by atoms with Crippen molar-refractivity contribution in [2.75, 3.05) is 26.7 Å². The van der Waals surface area contributed by atoms with Gasteiger partial charge in [-0.2, -0.15) is 0 Å². The van der Waals surface area contributed by atoms with Crippen LogP contribution < -0.4 is 0 Å². The van der Waals surface area contributed by atoms with Gasteiger partial charge in [-0.1, -0.05) is 20.8 Å². The van der Waals surface area contributed by atoms with E-state index in [0.29, 0.717) is 11.9 Å². The number of amides is 1. The summed E-state index contributed by atoms with van der Waals surface area (Å²) in [5.41, 5.74) is -0.204. The van der Waals surface area contributed by atoms with Crippen LogP contribution in [0.1, 0.15) is 34.1 Å². The first-order chi connectivity index (χ1) is 6.88. The lowest BCUT2D eigenvalue weighted by Crippen LogP contribution is -2.55. The van der Waals surface area contributed by atoms with E-state index >= 15 is 0 Å². The summed E-state index contributed by atoms with van der Waals surface area (Å²) in [5, 5.41) is 0. The van der Waals surface area contributed by atoms with E-state index in [1.165, 1.54) is 0 Å². The van der Waals surface area contributed by atoms with Crippen LogP contribution in [0, 0.1) is 5.41 Å². The van der Waals surface area contributed by atoms with Gasteiger partial charge in [0.25, 0.3) is 0 Å². The highest BCUT2D eigenvalue weighted by Gasteiger charge is 2.34. The minimum atomic E-state index is -0.204. The van der Waals surface area contributed by atoms with Gasteiger partial charge in [0.1, 0.15) is 0 Å². The first-order valence-corrected chi connectivity index (χ1v) is 5.88. The van der Waals surface area contributed by atoms with Crippen molar-refractivity contribution in [1.82, 2.24) is 9.80 Å². The number of likely N-dealkylation sites (N-methyl/N-ethyl adjacent to an activating group) is 1. The van der Waals surface area contributed by atoms with E-state index in [1.54, 1.807) is 0 Å². The maximum absolute atomic E-state index is 12.3. The van der Waals surface area contributed by atoms with Crippen molar-refractivity contribution in [3.63, 3.8) is 0 Å². The Morgan fingerprint density at radius 3 is 2.47 bits per heavy atom. The number of carbonyl (C=O) groups excluding carboxylic acids is 1. The number of nitrogens with zero attached hydrogens (tertiary/aromatic N) is 2. The third kappa shape index (κ3) is 2.71. The molecule has 3 nitrogen and oxygen atoms in total. The minimum absolute atomic E-state index is 0.204. The van der Waals surface area contributed by atoms with Gasteiger partial charge >= 0.3 is 0 Å². The molecule has 1 amide bonds. The molecule has 0 radical (unpaired) electrons. The first kappa shape index (κ1) is 12.5. The molecule has 0 aromatic rings. The predicted molar refractivity (Wildman–Crippen MR) is 62.7 cm³/mol. The molecular formula is C12H24N2O. The Balaban J connectivity index is 2.68. The van der Waals surface area contributed by atoms with Gasteiger partial charge in [-0.3, -0.25) is 4.79 Å². The standard InChI is InChI=1S/C12H24N2O/c1-6-12(3,4)11(15)14-8-7-13(5)9-10(14)2/h10H,6-9H2,1-5H3/t10-/m0/s1. The summed E-state index contributed by atoms with van der Waals surface area (Å²) in [4.78, 5) is 16.6. The summed E-state index contributed by atoms with van der Waals surface area (Å²) in [6.45, 7) is 11.2. The monoisotopic (exact) mass is 212 g/mol. The molecule has 0 N–H and O–H groups in total. The zero-order chi connectivity index (χ0) is 11.6. The molecule has 0 unspecified atom stereocenters.